The van der Waals surface area contributed by atoms with Crippen molar-refractivity contribution < 1.29 is 9.53 Å². The van der Waals surface area contributed by atoms with Crippen LogP contribution in [0.5, 0.6) is 0 Å². The minimum absolute atomic E-state index is 0.282. The quantitative estimate of drug-likeness (QED) is 0.768. The molecule has 0 amide bonds. The standard InChI is InChI=1S/C12H17N3O2/c1-17-12(16)9-2-3-11(14-6-9)8-15-5-4-10(13)7-15/h2-3,6,10H,4-5,7-8,13H2,1H3. The zero-order valence-electron chi connectivity index (χ0n) is 9.93. The van der Waals surface area contributed by atoms with E-state index < -0.39 is 0 Å². The van der Waals surface area contributed by atoms with Gasteiger partial charge in [0.1, 0.15) is 0 Å². The van der Waals surface area contributed by atoms with Crippen LogP contribution in [-0.4, -0.2) is 42.1 Å². The molecule has 0 bridgehead atoms. The molecule has 2 N–H and O–H groups in total. The van der Waals surface area contributed by atoms with E-state index in [1.165, 1.54) is 7.11 Å². The van der Waals surface area contributed by atoms with E-state index in [9.17, 15) is 4.79 Å². The Morgan fingerprint density at radius 3 is 3.00 bits per heavy atom. The van der Waals surface area contributed by atoms with E-state index in [2.05, 4.69) is 14.6 Å². The lowest BCUT2D eigenvalue weighted by atomic mass is 10.2. The number of hydrogen-bond donors (Lipinski definition) is 1. The van der Waals surface area contributed by atoms with Crippen molar-refractivity contribution in [3.05, 3.63) is 29.6 Å². The van der Waals surface area contributed by atoms with Crippen LogP contribution in [0.25, 0.3) is 0 Å². The summed E-state index contributed by atoms with van der Waals surface area (Å²) in [5, 5.41) is 0. The van der Waals surface area contributed by atoms with Gasteiger partial charge in [0.05, 0.1) is 18.4 Å². The molecule has 2 rings (SSSR count). The lowest BCUT2D eigenvalue weighted by Gasteiger charge is -2.14. The van der Waals surface area contributed by atoms with Gasteiger partial charge in [0.15, 0.2) is 0 Å². The summed E-state index contributed by atoms with van der Waals surface area (Å²) in [5.74, 6) is -0.354. The van der Waals surface area contributed by atoms with Gasteiger partial charge in [-0.05, 0) is 18.6 Å². The summed E-state index contributed by atoms with van der Waals surface area (Å²) in [6.07, 6.45) is 2.59. The van der Waals surface area contributed by atoms with Crippen molar-refractivity contribution >= 4 is 5.97 Å². The Morgan fingerprint density at radius 2 is 2.47 bits per heavy atom. The van der Waals surface area contributed by atoms with E-state index in [0.717, 1.165) is 31.7 Å². The van der Waals surface area contributed by atoms with Crippen molar-refractivity contribution in [2.24, 2.45) is 5.73 Å². The van der Waals surface area contributed by atoms with Gasteiger partial charge in [0, 0.05) is 31.9 Å². The third-order valence-corrected chi connectivity index (χ3v) is 2.94. The summed E-state index contributed by atoms with van der Waals surface area (Å²) < 4.78 is 4.62. The van der Waals surface area contributed by atoms with Crippen molar-refractivity contribution in [3.8, 4) is 0 Å². The number of nitrogens with zero attached hydrogens (tertiary/aromatic N) is 2. The Morgan fingerprint density at radius 1 is 1.65 bits per heavy atom. The van der Waals surface area contributed by atoms with E-state index in [4.69, 9.17) is 5.73 Å². The second-order valence-corrected chi connectivity index (χ2v) is 4.31. The molecule has 0 radical (unpaired) electrons. The van der Waals surface area contributed by atoms with Crippen molar-refractivity contribution in [2.45, 2.75) is 19.0 Å². The molecule has 1 aliphatic rings. The molecule has 1 unspecified atom stereocenters. The number of methoxy groups -OCH3 is 1. The summed E-state index contributed by atoms with van der Waals surface area (Å²) in [6.45, 7) is 2.72. The summed E-state index contributed by atoms with van der Waals surface area (Å²) in [7, 11) is 1.36. The van der Waals surface area contributed by atoms with E-state index >= 15 is 0 Å². The molecular formula is C12H17N3O2. The Kier molecular flexibility index (Phi) is 3.71. The van der Waals surface area contributed by atoms with Gasteiger partial charge < -0.3 is 10.5 Å². The number of rotatable bonds is 3. The Bertz CT molecular complexity index is 391. The van der Waals surface area contributed by atoms with Gasteiger partial charge in [-0.3, -0.25) is 9.88 Å². The van der Waals surface area contributed by atoms with E-state index in [1.54, 1.807) is 12.3 Å². The van der Waals surface area contributed by atoms with Gasteiger partial charge in [0.2, 0.25) is 0 Å². The van der Waals surface area contributed by atoms with Gasteiger partial charge in [-0.2, -0.15) is 0 Å². The Labute approximate surface area is 101 Å². The van der Waals surface area contributed by atoms with Gasteiger partial charge in [-0.25, -0.2) is 4.79 Å². The molecule has 0 saturated carbocycles. The maximum atomic E-state index is 11.2. The molecule has 17 heavy (non-hydrogen) atoms. The van der Waals surface area contributed by atoms with Crippen LogP contribution < -0.4 is 5.73 Å². The smallest absolute Gasteiger partial charge is 0.339 e. The second-order valence-electron chi connectivity index (χ2n) is 4.31. The molecule has 5 nitrogen and oxygen atoms in total. The van der Waals surface area contributed by atoms with Gasteiger partial charge in [-0.15, -0.1) is 0 Å². The largest absolute Gasteiger partial charge is 0.465 e. The zero-order chi connectivity index (χ0) is 12.3. The van der Waals surface area contributed by atoms with Crippen LogP contribution in [0.1, 0.15) is 22.5 Å². The summed E-state index contributed by atoms with van der Waals surface area (Å²) in [4.78, 5) is 17.7. The number of aromatic nitrogens is 1. The topological polar surface area (TPSA) is 68.5 Å². The fraction of sp³-hybridized carbons (Fsp3) is 0.500. The van der Waals surface area contributed by atoms with Gasteiger partial charge in [0.25, 0.3) is 0 Å². The molecule has 0 aliphatic carbocycles. The lowest BCUT2D eigenvalue weighted by Crippen LogP contribution is -2.26. The molecular weight excluding hydrogens is 218 g/mol. The summed E-state index contributed by atoms with van der Waals surface area (Å²) in [6, 6.07) is 3.88. The first kappa shape index (κ1) is 12.0. The molecule has 1 fully saturated rings. The van der Waals surface area contributed by atoms with E-state index in [-0.39, 0.29) is 12.0 Å². The number of carbonyl (C=O) groups is 1. The number of pyridine rings is 1. The minimum atomic E-state index is -0.354. The molecule has 1 aliphatic heterocycles. The fourth-order valence-electron chi connectivity index (χ4n) is 1.99. The molecule has 5 heteroatoms. The van der Waals surface area contributed by atoms with Crippen LogP contribution in [0.2, 0.25) is 0 Å². The van der Waals surface area contributed by atoms with Gasteiger partial charge >= 0.3 is 5.97 Å². The fourth-order valence-corrected chi connectivity index (χ4v) is 1.99. The minimum Gasteiger partial charge on any atom is -0.465 e. The Hall–Kier alpha value is -1.46. The maximum absolute atomic E-state index is 11.2. The average Bonchev–Trinajstić information content (AvgIpc) is 2.75. The van der Waals surface area contributed by atoms with Crippen LogP contribution in [-0.2, 0) is 11.3 Å². The summed E-state index contributed by atoms with van der Waals surface area (Å²) in [5.41, 5.74) is 7.27. The first-order valence-corrected chi connectivity index (χ1v) is 5.70. The number of esters is 1. The molecule has 1 aromatic heterocycles. The number of carbonyl (C=O) groups excluding carboxylic acids is 1. The second kappa shape index (κ2) is 5.25. The molecule has 0 spiro atoms. The number of ether oxygens (including phenoxy) is 1. The monoisotopic (exact) mass is 235 g/mol. The highest BCUT2D eigenvalue weighted by Gasteiger charge is 2.19. The molecule has 0 aromatic carbocycles. The predicted molar refractivity (Wildman–Crippen MR) is 63.4 cm³/mol. The SMILES string of the molecule is COC(=O)c1ccc(CN2CCC(N)C2)nc1. The summed E-state index contributed by atoms with van der Waals surface area (Å²) >= 11 is 0. The molecule has 92 valence electrons. The van der Waals surface area contributed by atoms with Crippen LogP contribution in [0.4, 0.5) is 0 Å². The van der Waals surface area contributed by atoms with Crippen molar-refractivity contribution in [1.82, 2.24) is 9.88 Å². The van der Waals surface area contributed by atoms with Gasteiger partial charge in [-0.1, -0.05) is 0 Å². The zero-order valence-corrected chi connectivity index (χ0v) is 9.93. The molecule has 1 atom stereocenters. The number of likely N-dealkylation sites (tertiary alicyclic amines) is 1. The first-order chi connectivity index (χ1) is 8.19. The first-order valence-electron chi connectivity index (χ1n) is 5.70. The maximum Gasteiger partial charge on any atom is 0.339 e. The third-order valence-electron chi connectivity index (χ3n) is 2.94. The van der Waals surface area contributed by atoms with Crippen LogP contribution in [0.15, 0.2) is 18.3 Å². The molecule has 1 saturated heterocycles. The van der Waals surface area contributed by atoms with Crippen molar-refractivity contribution in [3.63, 3.8) is 0 Å². The molecule has 2 heterocycles. The highest BCUT2D eigenvalue weighted by molar-refractivity contribution is 5.88. The third kappa shape index (κ3) is 3.01. The van der Waals surface area contributed by atoms with Crippen LogP contribution in [0.3, 0.4) is 0 Å². The predicted octanol–water partition coefficient (Wildman–Crippen LogP) is 0.401. The average molecular weight is 235 g/mol. The normalized spacial score (nSPS) is 20.5. The van der Waals surface area contributed by atoms with Crippen molar-refractivity contribution in [2.75, 3.05) is 20.2 Å². The highest BCUT2D eigenvalue weighted by atomic mass is 16.5. The van der Waals surface area contributed by atoms with Crippen LogP contribution in [0, 0.1) is 0 Å². The van der Waals surface area contributed by atoms with E-state index in [0.29, 0.717) is 5.56 Å². The molecule has 1 aromatic rings. The van der Waals surface area contributed by atoms with E-state index in [1.807, 2.05) is 6.07 Å². The van der Waals surface area contributed by atoms with Crippen molar-refractivity contribution in [1.29, 1.82) is 0 Å². The lowest BCUT2D eigenvalue weighted by molar-refractivity contribution is 0.0600. The Balaban J connectivity index is 1.96. The number of hydrogen-bond acceptors (Lipinski definition) is 5. The number of nitrogens with two attached hydrogens (primary N) is 1. The van der Waals surface area contributed by atoms with Crippen LogP contribution >= 0.6 is 0 Å². The highest BCUT2D eigenvalue weighted by Crippen LogP contribution is 2.11.